The van der Waals surface area contributed by atoms with Gasteiger partial charge >= 0.3 is 0 Å². The second-order valence-corrected chi connectivity index (χ2v) is 8.14. The van der Waals surface area contributed by atoms with E-state index in [-0.39, 0.29) is 0 Å². The molecular formula is C24H25N3S. The Balaban J connectivity index is 1.61. The summed E-state index contributed by atoms with van der Waals surface area (Å²) in [7, 11) is 4.07. The minimum absolute atomic E-state index is 0.895. The minimum atomic E-state index is 0.895. The van der Waals surface area contributed by atoms with Gasteiger partial charge in [0.1, 0.15) is 0 Å². The average Bonchev–Trinajstić information content (AvgIpc) is 2.72. The second-order valence-electron chi connectivity index (χ2n) is 7.06. The van der Waals surface area contributed by atoms with Gasteiger partial charge in [-0.1, -0.05) is 49.0 Å². The number of fused-ring (bicyclic) bond motifs is 2. The van der Waals surface area contributed by atoms with Crippen LogP contribution in [-0.2, 0) is 13.0 Å². The number of anilines is 1. The third-order valence-corrected chi connectivity index (χ3v) is 6.05. The van der Waals surface area contributed by atoms with Gasteiger partial charge in [0.25, 0.3) is 0 Å². The molecule has 0 amide bonds. The normalized spacial score (nSPS) is 12.8. The number of rotatable bonds is 5. The van der Waals surface area contributed by atoms with E-state index in [2.05, 4.69) is 84.9 Å². The van der Waals surface area contributed by atoms with Crippen LogP contribution in [0.5, 0.6) is 0 Å². The van der Waals surface area contributed by atoms with Gasteiger partial charge in [-0.3, -0.25) is 0 Å². The molecule has 0 spiro atoms. The molecule has 0 aromatic heterocycles. The molecule has 142 valence electrons. The highest BCUT2D eigenvalue weighted by atomic mass is 32.2. The molecule has 1 N–H and O–H groups in total. The van der Waals surface area contributed by atoms with Crippen LogP contribution in [-0.4, -0.2) is 14.1 Å². The lowest BCUT2D eigenvalue weighted by molar-refractivity contribution is 0.915. The zero-order valence-electron chi connectivity index (χ0n) is 16.6. The van der Waals surface area contributed by atoms with Crippen molar-refractivity contribution in [1.29, 1.82) is 0 Å². The summed E-state index contributed by atoms with van der Waals surface area (Å²) in [5, 5.41) is 5.30. The van der Waals surface area contributed by atoms with Gasteiger partial charge in [-0.05, 0) is 53.1 Å². The quantitative estimate of drug-likeness (QED) is 0.554. The van der Waals surface area contributed by atoms with Crippen molar-refractivity contribution in [3.8, 4) is 0 Å². The maximum absolute atomic E-state index is 4.84. The molecule has 3 nitrogen and oxygen atoms in total. The molecule has 0 aliphatic carbocycles. The smallest absolute Gasteiger partial charge is 0.0778 e. The Labute approximate surface area is 170 Å². The third-order valence-electron chi connectivity index (χ3n) is 4.96. The van der Waals surface area contributed by atoms with Crippen LogP contribution in [0, 0.1) is 0 Å². The van der Waals surface area contributed by atoms with Crippen LogP contribution in [0.4, 0.5) is 11.4 Å². The molecule has 3 aromatic carbocycles. The van der Waals surface area contributed by atoms with Crippen molar-refractivity contribution in [2.75, 3.05) is 19.0 Å². The fourth-order valence-electron chi connectivity index (χ4n) is 3.44. The van der Waals surface area contributed by atoms with Gasteiger partial charge in [0.05, 0.1) is 11.0 Å². The molecule has 4 rings (SSSR count). The van der Waals surface area contributed by atoms with Gasteiger partial charge in [-0.2, -0.15) is 0 Å². The van der Waals surface area contributed by atoms with Crippen molar-refractivity contribution in [3.05, 3.63) is 82.4 Å². The number of nitrogens with zero attached hydrogens (tertiary/aromatic N) is 2. The Bertz CT molecular complexity index is 1120. The Morgan fingerprint density at radius 3 is 2.68 bits per heavy atom. The molecule has 0 atom stereocenters. The van der Waals surface area contributed by atoms with Crippen LogP contribution < -0.4 is 20.8 Å². The van der Waals surface area contributed by atoms with Gasteiger partial charge in [-0.25, -0.2) is 4.99 Å². The van der Waals surface area contributed by atoms with E-state index in [1.54, 1.807) is 11.8 Å². The summed E-state index contributed by atoms with van der Waals surface area (Å²) in [5.74, 6) is 0. The first-order valence-corrected chi connectivity index (χ1v) is 10.4. The Hall–Kier alpha value is -2.72. The van der Waals surface area contributed by atoms with Crippen LogP contribution >= 0.6 is 11.8 Å². The Morgan fingerprint density at radius 1 is 1.00 bits per heavy atom. The highest BCUT2D eigenvalue weighted by Gasteiger charge is 2.14. The van der Waals surface area contributed by atoms with Gasteiger partial charge in [0.2, 0.25) is 0 Å². The fraction of sp³-hybridized carbons (Fsp3) is 0.208. The zero-order valence-corrected chi connectivity index (χ0v) is 17.4. The van der Waals surface area contributed by atoms with Crippen LogP contribution in [0.25, 0.3) is 6.20 Å². The predicted molar refractivity (Wildman–Crippen MR) is 119 cm³/mol. The summed E-state index contributed by atoms with van der Waals surface area (Å²) < 4.78 is 0. The number of hydrogen-bond donors (Lipinski definition) is 1. The molecule has 1 heterocycles. The van der Waals surface area contributed by atoms with Crippen molar-refractivity contribution in [2.24, 2.45) is 4.99 Å². The van der Waals surface area contributed by atoms with Gasteiger partial charge in [0.15, 0.2) is 0 Å². The minimum Gasteiger partial charge on any atom is -0.393 e. The molecule has 0 fully saturated rings. The first-order valence-electron chi connectivity index (χ1n) is 9.63. The maximum atomic E-state index is 4.84. The summed E-state index contributed by atoms with van der Waals surface area (Å²) in [5.41, 5.74) is 4.99. The molecule has 1 aliphatic rings. The highest BCUT2D eigenvalue weighted by molar-refractivity contribution is 7.99. The van der Waals surface area contributed by atoms with Crippen LogP contribution in [0.15, 0.2) is 75.4 Å². The van der Waals surface area contributed by atoms with Crippen molar-refractivity contribution in [2.45, 2.75) is 29.7 Å². The van der Waals surface area contributed by atoms with Crippen molar-refractivity contribution in [1.82, 2.24) is 5.32 Å². The maximum Gasteiger partial charge on any atom is 0.0778 e. The second kappa shape index (κ2) is 8.11. The predicted octanol–water partition coefficient (Wildman–Crippen LogP) is 4.26. The fourth-order valence-corrected chi connectivity index (χ4v) is 4.49. The molecule has 3 aromatic rings. The number of aryl methyl sites for hydroxylation is 1. The van der Waals surface area contributed by atoms with E-state index in [0.29, 0.717) is 0 Å². The third kappa shape index (κ3) is 3.92. The van der Waals surface area contributed by atoms with E-state index in [9.17, 15) is 0 Å². The van der Waals surface area contributed by atoms with Crippen molar-refractivity contribution >= 4 is 29.3 Å². The molecule has 4 heteroatoms. The Morgan fingerprint density at radius 2 is 1.86 bits per heavy atom. The first kappa shape index (κ1) is 18.6. The van der Waals surface area contributed by atoms with E-state index >= 15 is 0 Å². The lowest BCUT2D eigenvalue weighted by Crippen LogP contribution is -2.17. The molecule has 0 unspecified atom stereocenters. The van der Waals surface area contributed by atoms with Crippen molar-refractivity contribution in [3.63, 3.8) is 0 Å². The molecule has 0 bridgehead atoms. The summed E-state index contributed by atoms with van der Waals surface area (Å²) in [6.45, 7) is 3.09. The SMILES string of the molecule is CCc1cccc(CN(C)c2ccc3c(c2)Sc2c/c(=C\NC)ccc2=N3)c1. The molecule has 1 aliphatic heterocycles. The highest BCUT2D eigenvalue weighted by Crippen LogP contribution is 2.38. The van der Waals surface area contributed by atoms with E-state index < -0.39 is 0 Å². The lowest BCUT2D eigenvalue weighted by Gasteiger charge is -2.22. The van der Waals surface area contributed by atoms with Crippen molar-refractivity contribution < 1.29 is 0 Å². The Kier molecular flexibility index (Phi) is 5.40. The number of benzene rings is 3. The monoisotopic (exact) mass is 387 g/mol. The lowest BCUT2D eigenvalue weighted by atomic mass is 10.1. The van der Waals surface area contributed by atoms with Crippen LogP contribution in [0.2, 0.25) is 0 Å². The largest absolute Gasteiger partial charge is 0.393 e. The molecule has 0 saturated heterocycles. The molecule has 28 heavy (non-hydrogen) atoms. The van der Waals surface area contributed by atoms with E-state index in [4.69, 9.17) is 4.99 Å². The van der Waals surface area contributed by atoms with E-state index in [0.717, 1.165) is 29.2 Å². The molecule has 0 radical (unpaired) electrons. The summed E-state index contributed by atoms with van der Waals surface area (Å²) in [4.78, 5) is 9.56. The number of hydrogen-bond acceptors (Lipinski definition) is 4. The van der Waals surface area contributed by atoms with Crippen LogP contribution in [0.3, 0.4) is 0 Å². The molecular weight excluding hydrogens is 362 g/mol. The molecule has 0 saturated carbocycles. The van der Waals surface area contributed by atoms with Gasteiger partial charge in [0, 0.05) is 42.3 Å². The van der Waals surface area contributed by atoms with Crippen LogP contribution in [0.1, 0.15) is 18.1 Å². The number of nitrogens with one attached hydrogen (secondary N) is 1. The van der Waals surface area contributed by atoms with Gasteiger partial charge < -0.3 is 10.2 Å². The first-order chi connectivity index (χ1) is 13.7. The average molecular weight is 388 g/mol. The van der Waals surface area contributed by atoms with E-state index in [1.165, 1.54) is 26.6 Å². The summed E-state index contributed by atoms with van der Waals surface area (Å²) in [6, 6.07) is 21.8. The summed E-state index contributed by atoms with van der Waals surface area (Å²) in [6.07, 6.45) is 3.08. The zero-order chi connectivity index (χ0) is 19.5. The van der Waals surface area contributed by atoms with Gasteiger partial charge in [-0.15, -0.1) is 0 Å². The standard InChI is InChI=1S/C24H25N3S/c1-4-17-6-5-7-19(12-17)16-27(3)20-9-11-22-24(14-20)28-23-13-18(15-25-2)8-10-21(23)26-22/h5-15,25H,4,16H2,1-3H3/b18-15-. The van der Waals surface area contributed by atoms with E-state index in [1.807, 2.05) is 13.2 Å². The summed E-state index contributed by atoms with van der Waals surface area (Å²) >= 11 is 1.80. The topological polar surface area (TPSA) is 27.6 Å².